The van der Waals surface area contributed by atoms with Crippen molar-refractivity contribution in [1.82, 2.24) is 0 Å². The quantitative estimate of drug-likeness (QED) is 0.486. The van der Waals surface area contributed by atoms with Crippen molar-refractivity contribution in [2.75, 3.05) is 0 Å². The van der Waals surface area contributed by atoms with E-state index in [0.29, 0.717) is 0 Å². The summed E-state index contributed by atoms with van der Waals surface area (Å²) in [6, 6.07) is 17.3. The van der Waals surface area contributed by atoms with E-state index >= 15 is 0 Å². The molecule has 0 radical (unpaired) electrons. The van der Waals surface area contributed by atoms with E-state index in [0.717, 1.165) is 0 Å². The van der Waals surface area contributed by atoms with Gasteiger partial charge in [-0.3, -0.25) is 0 Å². The van der Waals surface area contributed by atoms with Crippen LogP contribution in [-0.4, -0.2) is 0 Å². The molecule has 0 unspecified atom stereocenters. The SMILES string of the molecule is CC(C)(C)c1ccc(-[c-]2cccc2)cc1.[Li+]. The second-order valence-corrected chi connectivity index (χ2v) is 5.00. The van der Waals surface area contributed by atoms with Crippen molar-refractivity contribution in [3.05, 3.63) is 54.1 Å². The summed E-state index contributed by atoms with van der Waals surface area (Å²) < 4.78 is 0. The topological polar surface area (TPSA) is 0 Å². The maximum absolute atomic E-state index is 2.24. The van der Waals surface area contributed by atoms with E-state index in [4.69, 9.17) is 0 Å². The Balaban J connectivity index is 0.00000128. The summed E-state index contributed by atoms with van der Waals surface area (Å²) in [6.07, 6.45) is 0. The number of hydrogen-bond donors (Lipinski definition) is 0. The summed E-state index contributed by atoms with van der Waals surface area (Å²) in [5.41, 5.74) is 4.23. The molecule has 0 spiro atoms. The molecular formula is C15H17Li. The largest absolute Gasteiger partial charge is 1.00 e. The monoisotopic (exact) mass is 204 g/mol. The van der Waals surface area contributed by atoms with Gasteiger partial charge in [0, 0.05) is 0 Å². The maximum Gasteiger partial charge on any atom is 1.00 e. The van der Waals surface area contributed by atoms with Crippen molar-refractivity contribution in [2.45, 2.75) is 26.2 Å². The van der Waals surface area contributed by atoms with Crippen molar-refractivity contribution >= 4 is 0 Å². The van der Waals surface area contributed by atoms with Crippen LogP contribution in [0.1, 0.15) is 26.3 Å². The Kier molecular flexibility index (Phi) is 4.13. The second-order valence-electron chi connectivity index (χ2n) is 5.00. The third kappa shape index (κ3) is 2.85. The molecular weight excluding hydrogens is 187 g/mol. The van der Waals surface area contributed by atoms with Gasteiger partial charge in [0.1, 0.15) is 0 Å². The van der Waals surface area contributed by atoms with Gasteiger partial charge in [0.05, 0.1) is 0 Å². The molecule has 0 atom stereocenters. The molecule has 0 bridgehead atoms. The van der Waals surface area contributed by atoms with E-state index in [9.17, 15) is 0 Å². The molecule has 0 aromatic heterocycles. The molecule has 0 aliphatic rings. The van der Waals surface area contributed by atoms with Gasteiger partial charge >= 0.3 is 18.9 Å². The molecule has 0 aliphatic carbocycles. The van der Waals surface area contributed by atoms with Crippen molar-refractivity contribution in [2.24, 2.45) is 0 Å². The molecule has 16 heavy (non-hydrogen) atoms. The Hall–Kier alpha value is -0.833. The first-order valence-corrected chi connectivity index (χ1v) is 5.40. The normalized spacial score (nSPS) is 10.9. The first kappa shape index (κ1) is 13.2. The van der Waals surface area contributed by atoms with E-state index in [1.807, 2.05) is 0 Å². The molecule has 2 rings (SSSR count). The Morgan fingerprint density at radius 1 is 0.875 bits per heavy atom. The van der Waals surface area contributed by atoms with Gasteiger partial charge in [-0.2, -0.15) is 12.1 Å². The molecule has 2 aromatic carbocycles. The zero-order valence-corrected chi connectivity index (χ0v) is 10.6. The van der Waals surface area contributed by atoms with Crippen LogP contribution in [0.2, 0.25) is 0 Å². The molecule has 0 saturated heterocycles. The van der Waals surface area contributed by atoms with Crippen LogP contribution < -0.4 is 18.9 Å². The third-order valence-corrected chi connectivity index (χ3v) is 2.75. The van der Waals surface area contributed by atoms with Crippen molar-refractivity contribution in [3.63, 3.8) is 0 Å². The van der Waals surface area contributed by atoms with Gasteiger partial charge in [-0.1, -0.05) is 44.0 Å². The van der Waals surface area contributed by atoms with Crippen LogP contribution in [0.5, 0.6) is 0 Å². The van der Waals surface area contributed by atoms with Crippen molar-refractivity contribution in [3.8, 4) is 11.1 Å². The Morgan fingerprint density at radius 2 is 1.38 bits per heavy atom. The van der Waals surface area contributed by atoms with Crippen LogP contribution in [0.15, 0.2) is 48.5 Å². The van der Waals surface area contributed by atoms with Crippen molar-refractivity contribution < 1.29 is 18.9 Å². The van der Waals surface area contributed by atoms with E-state index < -0.39 is 0 Å². The van der Waals surface area contributed by atoms with Gasteiger partial charge in [-0.05, 0) is 5.41 Å². The average molecular weight is 204 g/mol. The zero-order valence-electron chi connectivity index (χ0n) is 10.6. The van der Waals surface area contributed by atoms with Crippen LogP contribution in [0.25, 0.3) is 11.1 Å². The number of rotatable bonds is 1. The van der Waals surface area contributed by atoms with E-state index in [1.165, 1.54) is 16.7 Å². The van der Waals surface area contributed by atoms with Crippen LogP contribution in [0.3, 0.4) is 0 Å². The van der Waals surface area contributed by atoms with E-state index in [-0.39, 0.29) is 24.3 Å². The standard InChI is InChI=1S/C15H17.Li/c1-15(2,3)14-10-8-13(9-11-14)12-6-4-5-7-12;/h4-11H,1-3H3;/q-1;+1. The smallest absolute Gasteiger partial charge is 0.152 e. The first-order valence-electron chi connectivity index (χ1n) is 5.40. The summed E-state index contributed by atoms with van der Waals surface area (Å²) in [5, 5.41) is 0. The van der Waals surface area contributed by atoms with Gasteiger partial charge < -0.3 is 0 Å². The second kappa shape index (κ2) is 5.00. The Morgan fingerprint density at radius 3 is 1.81 bits per heavy atom. The molecule has 1 heteroatoms. The summed E-state index contributed by atoms with van der Waals surface area (Å²) in [5.74, 6) is 0. The summed E-state index contributed by atoms with van der Waals surface area (Å²) in [6.45, 7) is 6.72. The number of benzene rings is 1. The van der Waals surface area contributed by atoms with Gasteiger partial charge in [0.25, 0.3) is 0 Å². The van der Waals surface area contributed by atoms with Crippen LogP contribution in [0, 0.1) is 0 Å². The molecule has 0 nitrogen and oxygen atoms in total. The minimum atomic E-state index is 0. The van der Waals surface area contributed by atoms with Gasteiger partial charge in [-0.25, -0.2) is 0 Å². The van der Waals surface area contributed by atoms with Crippen LogP contribution in [-0.2, 0) is 5.41 Å². The fourth-order valence-electron chi connectivity index (χ4n) is 1.73. The molecule has 0 saturated carbocycles. The molecule has 0 fully saturated rings. The zero-order chi connectivity index (χ0) is 10.9. The van der Waals surface area contributed by atoms with Gasteiger partial charge in [0.2, 0.25) is 0 Å². The van der Waals surface area contributed by atoms with Crippen LogP contribution in [0.4, 0.5) is 0 Å². The summed E-state index contributed by atoms with van der Waals surface area (Å²) >= 11 is 0. The minimum absolute atomic E-state index is 0. The Bertz CT molecular complexity index is 415. The van der Waals surface area contributed by atoms with E-state index in [1.54, 1.807) is 0 Å². The molecule has 2 aromatic rings. The molecule has 0 N–H and O–H groups in total. The molecule has 0 heterocycles. The first-order chi connectivity index (χ1) is 7.07. The fourth-order valence-corrected chi connectivity index (χ4v) is 1.73. The predicted octanol–water partition coefficient (Wildman–Crippen LogP) is 1.37. The third-order valence-electron chi connectivity index (χ3n) is 2.75. The van der Waals surface area contributed by atoms with Gasteiger partial charge in [-0.15, -0.1) is 29.8 Å². The summed E-state index contributed by atoms with van der Waals surface area (Å²) in [4.78, 5) is 0. The number of hydrogen-bond acceptors (Lipinski definition) is 0. The van der Waals surface area contributed by atoms with Gasteiger partial charge in [0.15, 0.2) is 0 Å². The molecule has 0 amide bonds. The summed E-state index contributed by atoms with van der Waals surface area (Å²) in [7, 11) is 0. The van der Waals surface area contributed by atoms with E-state index in [2.05, 4.69) is 69.3 Å². The predicted molar refractivity (Wildman–Crippen MR) is 66.2 cm³/mol. The van der Waals surface area contributed by atoms with Crippen LogP contribution >= 0.6 is 0 Å². The van der Waals surface area contributed by atoms with Crippen molar-refractivity contribution in [1.29, 1.82) is 0 Å². The maximum atomic E-state index is 2.24. The minimum Gasteiger partial charge on any atom is -0.152 e. The molecule has 0 aliphatic heterocycles. The fraction of sp³-hybridized carbons (Fsp3) is 0.267. The molecule has 78 valence electrons. The Labute approximate surface area is 110 Å². The average Bonchev–Trinajstić information content (AvgIpc) is 2.69.